The molecule has 1 aromatic carbocycles. The van der Waals surface area contributed by atoms with Crippen LogP contribution in [0, 0.1) is 6.07 Å². The first-order valence-electron chi connectivity index (χ1n) is 5.02. The van der Waals surface area contributed by atoms with Gasteiger partial charge in [-0.05, 0) is 32.3 Å². The van der Waals surface area contributed by atoms with E-state index in [-0.39, 0.29) is 0 Å². The molecule has 0 aliphatic heterocycles. The van der Waals surface area contributed by atoms with Crippen LogP contribution in [0.2, 0.25) is 0 Å². The van der Waals surface area contributed by atoms with Crippen molar-refractivity contribution in [2.24, 2.45) is 0 Å². The summed E-state index contributed by atoms with van der Waals surface area (Å²) in [7, 11) is 4.07. The number of aromatic amines is 1. The number of benzene rings is 1. The fourth-order valence-electron chi connectivity index (χ4n) is 1.40. The molecule has 0 fully saturated rings. The van der Waals surface area contributed by atoms with Crippen molar-refractivity contribution in [2.45, 2.75) is 0 Å². The molecule has 0 unspecified atom stereocenters. The van der Waals surface area contributed by atoms with Gasteiger partial charge in [0.25, 0.3) is 0 Å². The molecular weight excluding hydrogens is 188 g/mol. The highest BCUT2D eigenvalue weighted by atomic mass is 16.5. The molecule has 1 heterocycles. The molecule has 0 aliphatic rings. The number of H-pyrrole nitrogens is 1. The summed E-state index contributed by atoms with van der Waals surface area (Å²) in [5.41, 5.74) is 1.09. The zero-order valence-electron chi connectivity index (χ0n) is 9.08. The van der Waals surface area contributed by atoms with Crippen molar-refractivity contribution < 1.29 is 4.74 Å². The summed E-state index contributed by atoms with van der Waals surface area (Å²) in [5, 5.41) is 1.07. The minimum atomic E-state index is 0.711. The van der Waals surface area contributed by atoms with Crippen molar-refractivity contribution in [2.75, 3.05) is 27.2 Å². The third-order valence-corrected chi connectivity index (χ3v) is 2.25. The van der Waals surface area contributed by atoms with Crippen LogP contribution in [0.1, 0.15) is 0 Å². The highest BCUT2D eigenvalue weighted by Crippen LogP contribution is 2.18. The van der Waals surface area contributed by atoms with E-state index in [0.717, 1.165) is 23.2 Å². The predicted molar refractivity (Wildman–Crippen MR) is 61.2 cm³/mol. The van der Waals surface area contributed by atoms with Gasteiger partial charge in [0.15, 0.2) is 0 Å². The van der Waals surface area contributed by atoms with Crippen molar-refractivity contribution in [1.82, 2.24) is 9.88 Å². The molecule has 0 aliphatic carbocycles. The fourth-order valence-corrected chi connectivity index (χ4v) is 1.40. The van der Waals surface area contributed by atoms with E-state index in [2.05, 4.69) is 16.0 Å². The highest BCUT2D eigenvalue weighted by molar-refractivity contribution is 5.80. The Morgan fingerprint density at radius 2 is 2.27 bits per heavy atom. The Balaban J connectivity index is 2.02. The molecule has 3 nitrogen and oxygen atoms in total. The van der Waals surface area contributed by atoms with Crippen molar-refractivity contribution in [1.29, 1.82) is 0 Å². The van der Waals surface area contributed by atoms with Crippen LogP contribution in [0.3, 0.4) is 0 Å². The average molecular weight is 203 g/mol. The first-order valence-corrected chi connectivity index (χ1v) is 5.02. The van der Waals surface area contributed by atoms with Gasteiger partial charge in [-0.3, -0.25) is 0 Å². The maximum Gasteiger partial charge on any atom is 0.120 e. The lowest BCUT2D eigenvalue weighted by atomic mass is 10.2. The number of rotatable bonds is 4. The smallest absolute Gasteiger partial charge is 0.120 e. The van der Waals surface area contributed by atoms with E-state index in [1.165, 1.54) is 0 Å². The van der Waals surface area contributed by atoms with E-state index < -0.39 is 0 Å². The molecule has 0 amide bonds. The van der Waals surface area contributed by atoms with Crippen LogP contribution in [0.25, 0.3) is 10.9 Å². The lowest BCUT2D eigenvalue weighted by Gasteiger charge is -2.10. The lowest BCUT2D eigenvalue weighted by Crippen LogP contribution is -2.19. The zero-order chi connectivity index (χ0) is 10.7. The Labute approximate surface area is 89.7 Å². The number of hydrogen-bond acceptors (Lipinski definition) is 2. The van der Waals surface area contributed by atoms with Crippen molar-refractivity contribution in [3.63, 3.8) is 0 Å². The normalized spacial score (nSPS) is 11.1. The molecule has 15 heavy (non-hydrogen) atoms. The van der Waals surface area contributed by atoms with Crippen LogP contribution in [-0.4, -0.2) is 37.1 Å². The van der Waals surface area contributed by atoms with Crippen molar-refractivity contribution >= 4 is 10.9 Å². The standard InChI is InChI=1S/C12H15N2O/c1-14(2)7-8-15-11-3-4-12-10(9-11)5-6-13-12/h3-4,6,9,13H,7-8H2,1-2H3. The predicted octanol–water partition coefficient (Wildman–Crippen LogP) is 1.91. The van der Waals surface area contributed by atoms with Gasteiger partial charge < -0.3 is 14.6 Å². The second kappa shape index (κ2) is 4.36. The maximum atomic E-state index is 5.62. The third kappa shape index (κ3) is 2.50. The lowest BCUT2D eigenvalue weighted by molar-refractivity contribution is 0.261. The van der Waals surface area contributed by atoms with E-state index >= 15 is 0 Å². The summed E-state index contributed by atoms with van der Waals surface area (Å²) in [6.07, 6.45) is 1.81. The zero-order valence-corrected chi connectivity index (χ0v) is 9.08. The van der Waals surface area contributed by atoms with E-state index in [4.69, 9.17) is 4.74 Å². The van der Waals surface area contributed by atoms with Crippen LogP contribution in [0.5, 0.6) is 5.75 Å². The van der Waals surface area contributed by atoms with E-state index in [9.17, 15) is 0 Å². The molecule has 2 aromatic rings. The first-order chi connectivity index (χ1) is 7.25. The summed E-state index contributed by atoms with van der Waals surface area (Å²) >= 11 is 0. The van der Waals surface area contributed by atoms with Gasteiger partial charge in [-0.1, -0.05) is 0 Å². The number of likely N-dealkylation sites (N-methyl/N-ethyl adjacent to an activating group) is 1. The number of hydrogen-bond donors (Lipinski definition) is 1. The third-order valence-electron chi connectivity index (χ3n) is 2.25. The Morgan fingerprint density at radius 1 is 1.40 bits per heavy atom. The van der Waals surface area contributed by atoms with Gasteiger partial charge in [0.2, 0.25) is 0 Å². The van der Waals surface area contributed by atoms with Crippen LogP contribution in [-0.2, 0) is 0 Å². The second-order valence-corrected chi connectivity index (χ2v) is 3.79. The Morgan fingerprint density at radius 3 is 3.07 bits per heavy atom. The number of nitrogens with one attached hydrogen (secondary N) is 1. The molecular formula is C12H15N2O. The largest absolute Gasteiger partial charge is 0.492 e. The summed E-state index contributed by atoms with van der Waals surface area (Å²) < 4.78 is 5.62. The fraction of sp³-hybridized carbons (Fsp3) is 0.333. The van der Waals surface area contributed by atoms with Crippen molar-refractivity contribution in [3.8, 4) is 5.75 Å². The first kappa shape index (κ1) is 10.1. The van der Waals surface area contributed by atoms with Gasteiger partial charge in [-0.25, -0.2) is 0 Å². The number of aromatic nitrogens is 1. The van der Waals surface area contributed by atoms with Crippen LogP contribution < -0.4 is 4.74 Å². The van der Waals surface area contributed by atoms with Crippen LogP contribution in [0.15, 0.2) is 24.4 Å². The molecule has 0 spiro atoms. The van der Waals surface area contributed by atoms with Gasteiger partial charge in [0.05, 0.1) is 0 Å². The van der Waals surface area contributed by atoms with Crippen LogP contribution in [0.4, 0.5) is 0 Å². The van der Waals surface area contributed by atoms with Gasteiger partial charge in [0.1, 0.15) is 12.4 Å². The average Bonchev–Trinajstić information content (AvgIpc) is 2.64. The molecule has 79 valence electrons. The summed E-state index contributed by atoms with van der Waals surface area (Å²) in [4.78, 5) is 5.20. The molecule has 2 rings (SSSR count). The minimum absolute atomic E-state index is 0.711. The molecule has 1 radical (unpaired) electrons. The molecule has 1 N–H and O–H groups in total. The molecule has 0 saturated heterocycles. The van der Waals surface area contributed by atoms with Gasteiger partial charge >= 0.3 is 0 Å². The second-order valence-electron chi connectivity index (χ2n) is 3.79. The number of fused-ring (bicyclic) bond motifs is 1. The quantitative estimate of drug-likeness (QED) is 0.822. The number of nitrogens with zero attached hydrogens (tertiary/aromatic N) is 1. The van der Waals surface area contributed by atoms with Crippen molar-refractivity contribution in [3.05, 3.63) is 30.5 Å². The van der Waals surface area contributed by atoms with Gasteiger partial charge in [0, 0.05) is 29.7 Å². The van der Waals surface area contributed by atoms with E-state index in [0.29, 0.717) is 6.61 Å². The highest BCUT2D eigenvalue weighted by Gasteiger charge is 1.98. The SMILES string of the molecule is CN(C)CCOc1ccc2[nH]c[c]c2c1. The van der Waals surface area contributed by atoms with E-state index in [1.807, 2.05) is 38.5 Å². The monoisotopic (exact) mass is 203 g/mol. The maximum absolute atomic E-state index is 5.62. The molecule has 0 bridgehead atoms. The summed E-state index contributed by atoms with van der Waals surface area (Å²) in [6, 6.07) is 9.10. The molecule has 1 aromatic heterocycles. The number of ether oxygens (including phenoxy) is 1. The topological polar surface area (TPSA) is 28.3 Å². The summed E-state index contributed by atoms with van der Waals surface area (Å²) in [5.74, 6) is 0.903. The molecule has 3 heteroatoms. The van der Waals surface area contributed by atoms with E-state index in [1.54, 1.807) is 0 Å². The van der Waals surface area contributed by atoms with Gasteiger partial charge in [-0.15, -0.1) is 0 Å². The Kier molecular flexibility index (Phi) is 2.92. The van der Waals surface area contributed by atoms with Crippen LogP contribution >= 0.6 is 0 Å². The molecule has 0 atom stereocenters. The summed E-state index contributed by atoms with van der Waals surface area (Å²) in [6.45, 7) is 1.64. The van der Waals surface area contributed by atoms with Gasteiger partial charge in [-0.2, -0.15) is 0 Å². The minimum Gasteiger partial charge on any atom is -0.492 e. The Bertz CT molecular complexity index is 434. The molecule has 0 saturated carbocycles. The Hall–Kier alpha value is -1.48.